The molecule has 1 aliphatic carbocycles. The van der Waals surface area contributed by atoms with Crippen LogP contribution in [0.4, 0.5) is 17.6 Å². The molecule has 2 saturated heterocycles. The topological polar surface area (TPSA) is 75.6 Å². The maximum atomic E-state index is 5.89. The number of aromatic nitrogens is 3. The molecule has 0 aromatic carbocycles. The van der Waals surface area contributed by atoms with Crippen molar-refractivity contribution >= 4 is 28.6 Å². The van der Waals surface area contributed by atoms with E-state index in [0.717, 1.165) is 68.0 Å². The predicted molar refractivity (Wildman–Crippen MR) is 109 cm³/mol. The Hall–Kier alpha value is -2.19. The number of pyridine rings is 1. The van der Waals surface area contributed by atoms with Crippen LogP contribution in [0.3, 0.4) is 0 Å². The summed E-state index contributed by atoms with van der Waals surface area (Å²) in [6.45, 7) is 8.90. The van der Waals surface area contributed by atoms with E-state index in [1.807, 2.05) is 6.07 Å². The average molecular weight is 384 g/mol. The van der Waals surface area contributed by atoms with Crippen LogP contribution in [0.25, 0.3) is 11.0 Å². The number of nitrogens with zero attached hydrogens (tertiary/aromatic N) is 5. The summed E-state index contributed by atoms with van der Waals surface area (Å²) >= 11 is 0. The third-order valence-electron chi connectivity index (χ3n) is 5.47. The highest BCUT2D eigenvalue weighted by atomic mass is 16.5. The zero-order chi connectivity index (χ0) is 19.1. The van der Waals surface area contributed by atoms with Crippen molar-refractivity contribution in [3.63, 3.8) is 0 Å². The first-order valence-corrected chi connectivity index (χ1v) is 10.3. The van der Waals surface area contributed by atoms with Gasteiger partial charge < -0.3 is 24.6 Å². The largest absolute Gasteiger partial charge is 0.378 e. The standard InChI is InChI=1S/C20H28N6O2/c1-13-11-26(12-14(2)28-13)20-23-18-16(5-6-17(22-18)21-15-3-4-15)19(24-20)25-7-9-27-10-8-25/h5-6,13-15H,3-4,7-12H2,1-2H3,(H,21,22,23,24). The second-order valence-corrected chi connectivity index (χ2v) is 8.10. The molecule has 28 heavy (non-hydrogen) atoms. The van der Waals surface area contributed by atoms with Crippen molar-refractivity contribution in [2.24, 2.45) is 0 Å². The van der Waals surface area contributed by atoms with Gasteiger partial charge in [0.15, 0.2) is 5.65 Å². The van der Waals surface area contributed by atoms with E-state index in [2.05, 4.69) is 35.0 Å². The Morgan fingerprint density at radius 2 is 1.71 bits per heavy atom. The lowest BCUT2D eigenvalue weighted by molar-refractivity contribution is -0.00570. The number of hydrogen-bond acceptors (Lipinski definition) is 8. The fourth-order valence-corrected chi connectivity index (χ4v) is 4.00. The molecule has 3 aliphatic rings. The molecule has 1 N–H and O–H groups in total. The van der Waals surface area contributed by atoms with Gasteiger partial charge >= 0.3 is 0 Å². The van der Waals surface area contributed by atoms with Crippen LogP contribution < -0.4 is 15.1 Å². The Kier molecular flexibility index (Phi) is 4.68. The number of anilines is 3. The SMILES string of the molecule is CC1CN(c2nc(N3CCOCC3)c3ccc(NC4CC4)nc3n2)CC(C)O1. The van der Waals surface area contributed by atoms with Crippen molar-refractivity contribution in [2.75, 3.05) is 54.5 Å². The van der Waals surface area contributed by atoms with Gasteiger partial charge in [0.1, 0.15) is 11.6 Å². The predicted octanol–water partition coefficient (Wildman–Crippen LogP) is 2.05. The third-order valence-corrected chi connectivity index (χ3v) is 5.47. The summed E-state index contributed by atoms with van der Waals surface area (Å²) in [6, 6.07) is 4.71. The molecule has 2 aliphatic heterocycles. The third kappa shape index (κ3) is 3.71. The molecule has 0 bridgehead atoms. The first-order valence-electron chi connectivity index (χ1n) is 10.3. The van der Waals surface area contributed by atoms with Crippen LogP contribution in [0, 0.1) is 0 Å². The summed E-state index contributed by atoms with van der Waals surface area (Å²) in [4.78, 5) is 19.2. The van der Waals surface area contributed by atoms with Crippen LogP contribution in [0.5, 0.6) is 0 Å². The zero-order valence-electron chi connectivity index (χ0n) is 16.6. The van der Waals surface area contributed by atoms with Gasteiger partial charge in [0.2, 0.25) is 5.95 Å². The molecule has 8 nitrogen and oxygen atoms in total. The Balaban J connectivity index is 1.56. The molecule has 2 aromatic rings. The minimum Gasteiger partial charge on any atom is -0.378 e. The van der Waals surface area contributed by atoms with Crippen molar-refractivity contribution in [1.29, 1.82) is 0 Å². The van der Waals surface area contributed by atoms with Crippen LogP contribution in [-0.2, 0) is 9.47 Å². The highest BCUT2D eigenvalue weighted by Gasteiger charge is 2.27. The number of morpholine rings is 2. The highest BCUT2D eigenvalue weighted by Crippen LogP contribution is 2.30. The summed E-state index contributed by atoms with van der Waals surface area (Å²) in [7, 11) is 0. The average Bonchev–Trinajstić information content (AvgIpc) is 3.51. The molecular formula is C20H28N6O2. The van der Waals surface area contributed by atoms with Gasteiger partial charge in [0.25, 0.3) is 0 Å². The molecule has 1 saturated carbocycles. The molecule has 2 atom stereocenters. The lowest BCUT2D eigenvalue weighted by atomic mass is 10.2. The monoisotopic (exact) mass is 384 g/mol. The summed E-state index contributed by atoms with van der Waals surface area (Å²) in [5.74, 6) is 2.60. The summed E-state index contributed by atoms with van der Waals surface area (Å²) in [6.07, 6.45) is 2.76. The quantitative estimate of drug-likeness (QED) is 0.858. The molecule has 0 radical (unpaired) electrons. The summed E-state index contributed by atoms with van der Waals surface area (Å²) < 4.78 is 11.4. The van der Waals surface area contributed by atoms with Crippen LogP contribution in [-0.4, -0.2) is 72.6 Å². The number of hydrogen-bond donors (Lipinski definition) is 1. The van der Waals surface area contributed by atoms with Gasteiger partial charge in [-0.05, 0) is 38.8 Å². The minimum absolute atomic E-state index is 0.158. The normalized spacial score (nSPS) is 25.9. The van der Waals surface area contributed by atoms with Crippen LogP contribution in [0.2, 0.25) is 0 Å². The minimum atomic E-state index is 0.158. The van der Waals surface area contributed by atoms with Gasteiger partial charge in [-0.1, -0.05) is 0 Å². The smallest absolute Gasteiger partial charge is 0.229 e. The van der Waals surface area contributed by atoms with Crippen molar-refractivity contribution in [2.45, 2.75) is 44.9 Å². The summed E-state index contributed by atoms with van der Waals surface area (Å²) in [5, 5.41) is 4.48. The number of rotatable bonds is 4. The van der Waals surface area contributed by atoms with Gasteiger partial charge in [-0.2, -0.15) is 9.97 Å². The van der Waals surface area contributed by atoms with Gasteiger partial charge in [0, 0.05) is 32.2 Å². The van der Waals surface area contributed by atoms with E-state index in [-0.39, 0.29) is 12.2 Å². The molecule has 150 valence electrons. The second kappa shape index (κ2) is 7.33. The van der Waals surface area contributed by atoms with Crippen molar-refractivity contribution in [3.05, 3.63) is 12.1 Å². The summed E-state index contributed by atoms with van der Waals surface area (Å²) in [5.41, 5.74) is 0.754. The van der Waals surface area contributed by atoms with E-state index in [9.17, 15) is 0 Å². The van der Waals surface area contributed by atoms with E-state index < -0.39 is 0 Å². The van der Waals surface area contributed by atoms with Crippen molar-refractivity contribution < 1.29 is 9.47 Å². The van der Waals surface area contributed by atoms with E-state index in [1.54, 1.807) is 0 Å². The molecule has 3 fully saturated rings. The lowest BCUT2D eigenvalue weighted by Gasteiger charge is -2.36. The maximum absolute atomic E-state index is 5.89. The second-order valence-electron chi connectivity index (χ2n) is 8.10. The first-order chi connectivity index (χ1) is 13.7. The van der Waals surface area contributed by atoms with E-state index in [4.69, 9.17) is 24.4 Å². The van der Waals surface area contributed by atoms with E-state index in [1.165, 1.54) is 12.8 Å². The Labute approximate surface area is 165 Å². The molecule has 2 unspecified atom stereocenters. The van der Waals surface area contributed by atoms with E-state index in [0.29, 0.717) is 6.04 Å². The lowest BCUT2D eigenvalue weighted by Crippen LogP contribution is -2.46. The fraction of sp³-hybridized carbons (Fsp3) is 0.650. The van der Waals surface area contributed by atoms with Crippen molar-refractivity contribution in [1.82, 2.24) is 15.0 Å². The Morgan fingerprint density at radius 3 is 2.43 bits per heavy atom. The Bertz CT molecular complexity index is 842. The molecule has 4 heterocycles. The van der Waals surface area contributed by atoms with Crippen LogP contribution in [0.1, 0.15) is 26.7 Å². The van der Waals surface area contributed by atoms with Crippen LogP contribution >= 0.6 is 0 Å². The Morgan fingerprint density at radius 1 is 0.964 bits per heavy atom. The van der Waals surface area contributed by atoms with Gasteiger partial charge in [0.05, 0.1) is 30.8 Å². The van der Waals surface area contributed by atoms with Gasteiger partial charge in [-0.3, -0.25) is 0 Å². The number of ether oxygens (including phenoxy) is 2. The zero-order valence-corrected chi connectivity index (χ0v) is 16.6. The van der Waals surface area contributed by atoms with Gasteiger partial charge in [-0.15, -0.1) is 0 Å². The molecule has 0 spiro atoms. The van der Waals surface area contributed by atoms with E-state index >= 15 is 0 Å². The molecule has 5 rings (SSSR count). The number of nitrogens with one attached hydrogen (secondary N) is 1. The maximum Gasteiger partial charge on any atom is 0.229 e. The number of fused-ring (bicyclic) bond motifs is 1. The van der Waals surface area contributed by atoms with Crippen molar-refractivity contribution in [3.8, 4) is 0 Å². The molecule has 0 amide bonds. The highest BCUT2D eigenvalue weighted by molar-refractivity contribution is 5.89. The molecule has 8 heteroatoms. The van der Waals surface area contributed by atoms with Crippen LogP contribution in [0.15, 0.2) is 12.1 Å². The fourth-order valence-electron chi connectivity index (χ4n) is 4.00. The first kappa shape index (κ1) is 17.9. The van der Waals surface area contributed by atoms with Gasteiger partial charge in [-0.25, -0.2) is 4.98 Å². The molecular weight excluding hydrogens is 356 g/mol. The molecule has 2 aromatic heterocycles.